The van der Waals surface area contributed by atoms with E-state index in [1.807, 2.05) is 12.1 Å². The van der Waals surface area contributed by atoms with E-state index >= 15 is 0 Å². The summed E-state index contributed by atoms with van der Waals surface area (Å²) in [4.78, 5) is 65.3. The first-order valence-corrected chi connectivity index (χ1v) is 25.8. The zero-order valence-electron chi connectivity index (χ0n) is 42.2. The van der Waals surface area contributed by atoms with E-state index in [9.17, 15) is 24.0 Å². The molecule has 6 rings (SSSR count). The summed E-state index contributed by atoms with van der Waals surface area (Å²) in [7, 11) is 0. The third-order valence-electron chi connectivity index (χ3n) is 12.8. The van der Waals surface area contributed by atoms with Crippen LogP contribution in [0.25, 0.3) is 21.7 Å². The topological polar surface area (TPSA) is 191 Å². The van der Waals surface area contributed by atoms with Crippen LogP contribution in [0.2, 0.25) is 0 Å². The lowest BCUT2D eigenvalue weighted by Crippen LogP contribution is -2.29. The number of unbranched alkanes of at least 4 members (excludes halogenated alkanes) is 6. The Morgan fingerprint density at radius 3 is 1.55 bits per heavy atom. The van der Waals surface area contributed by atoms with Crippen molar-refractivity contribution in [3.05, 3.63) is 86.0 Å². The second-order valence-electron chi connectivity index (χ2n) is 18.3. The quantitative estimate of drug-likeness (QED) is 0.0115. The van der Waals surface area contributed by atoms with Gasteiger partial charge >= 0.3 is 29.8 Å². The van der Waals surface area contributed by atoms with Gasteiger partial charge in [0.2, 0.25) is 5.88 Å². The number of hydrogen-bond donors (Lipinski definition) is 0. The average Bonchev–Trinajstić information content (AvgIpc) is 3.40. The van der Waals surface area contributed by atoms with E-state index in [2.05, 4.69) is 13.2 Å². The van der Waals surface area contributed by atoms with Crippen LogP contribution in [0.5, 0.6) is 28.9 Å². The van der Waals surface area contributed by atoms with Crippen molar-refractivity contribution in [1.82, 2.24) is 4.98 Å². The summed E-state index contributed by atoms with van der Waals surface area (Å²) in [6.07, 6.45) is 15.7. The Morgan fingerprint density at radius 1 is 0.507 bits per heavy atom. The lowest BCUT2D eigenvalue weighted by Gasteiger charge is -2.27. The largest absolute Gasteiger partial charge is 0.491 e. The van der Waals surface area contributed by atoms with E-state index in [-0.39, 0.29) is 74.3 Å². The normalized spacial score (nSPS) is 17.5. The zero-order chi connectivity index (χ0) is 51.6. The maximum absolute atomic E-state index is 13.6. The Hall–Kier alpha value is -6.36. The molecule has 0 spiro atoms. The first-order valence-electron chi connectivity index (χ1n) is 25.8. The van der Waals surface area contributed by atoms with Crippen LogP contribution in [0, 0.1) is 11.8 Å². The Morgan fingerprint density at radius 2 is 0.986 bits per heavy atom. The molecule has 2 saturated carbocycles. The molecule has 2 aliphatic carbocycles. The van der Waals surface area contributed by atoms with Crippen LogP contribution < -0.4 is 18.9 Å². The number of benzene rings is 3. The van der Waals surface area contributed by atoms with Gasteiger partial charge in [-0.05, 0) is 150 Å². The highest BCUT2D eigenvalue weighted by molar-refractivity contribution is 6.08. The van der Waals surface area contributed by atoms with Gasteiger partial charge in [-0.15, -0.1) is 0 Å². The Labute approximate surface area is 427 Å². The summed E-state index contributed by atoms with van der Waals surface area (Å²) in [5.41, 5.74) is 0.546. The highest BCUT2D eigenvalue weighted by Crippen LogP contribution is 2.38. The molecule has 2 aliphatic rings. The molecule has 73 heavy (non-hydrogen) atoms. The summed E-state index contributed by atoms with van der Waals surface area (Å²) in [6, 6.07) is 17.9. The summed E-state index contributed by atoms with van der Waals surface area (Å²) in [5, 5.41) is 2.21. The van der Waals surface area contributed by atoms with Crippen molar-refractivity contribution in [2.75, 3.05) is 52.9 Å². The number of carbonyl (C=O) groups is 5. The maximum Gasteiger partial charge on any atom is 0.330 e. The van der Waals surface area contributed by atoms with E-state index in [0.717, 1.165) is 93.9 Å². The van der Waals surface area contributed by atoms with Gasteiger partial charge in [-0.2, -0.15) is 0 Å². The summed E-state index contributed by atoms with van der Waals surface area (Å²) in [6.45, 7) is 11.3. The summed E-state index contributed by atoms with van der Waals surface area (Å²) >= 11 is 0. The van der Waals surface area contributed by atoms with Crippen molar-refractivity contribution in [3.63, 3.8) is 0 Å². The number of hydrogen-bond acceptors (Lipinski definition) is 16. The second-order valence-corrected chi connectivity index (χ2v) is 18.3. The molecule has 394 valence electrons. The lowest BCUT2D eigenvalue weighted by atomic mass is 9.87. The highest BCUT2D eigenvalue weighted by atomic mass is 16.6. The molecular formula is C57H71NO15. The molecule has 16 heteroatoms. The van der Waals surface area contributed by atoms with Crippen LogP contribution in [0.4, 0.5) is 0 Å². The predicted octanol–water partition coefficient (Wildman–Crippen LogP) is 10.7. The number of aromatic nitrogens is 1. The number of nitrogens with zero attached hydrogens (tertiary/aromatic N) is 1. The maximum atomic E-state index is 13.6. The third kappa shape index (κ3) is 19.2. The van der Waals surface area contributed by atoms with Crippen LogP contribution in [0.1, 0.15) is 110 Å². The van der Waals surface area contributed by atoms with Crippen molar-refractivity contribution in [3.8, 4) is 28.9 Å². The minimum atomic E-state index is -0.506. The van der Waals surface area contributed by atoms with Gasteiger partial charge in [0.15, 0.2) is 0 Å². The molecule has 16 nitrogen and oxygen atoms in total. The molecule has 0 atom stereocenters. The molecule has 0 saturated heterocycles. The highest BCUT2D eigenvalue weighted by Gasteiger charge is 2.30. The van der Waals surface area contributed by atoms with Crippen molar-refractivity contribution < 1.29 is 71.3 Å². The number of esters is 5. The minimum Gasteiger partial charge on any atom is -0.491 e. The van der Waals surface area contributed by atoms with Crippen LogP contribution in [0.15, 0.2) is 86.0 Å². The van der Waals surface area contributed by atoms with E-state index in [0.29, 0.717) is 86.0 Å². The first-order chi connectivity index (χ1) is 35.6. The smallest absolute Gasteiger partial charge is 0.330 e. The van der Waals surface area contributed by atoms with Gasteiger partial charge in [0, 0.05) is 49.1 Å². The summed E-state index contributed by atoms with van der Waals surface area (Å²) < 4.78 is 56.9. The average molecular weight is 1010 g/mol. The standard InChI is InChI=1S/C57H71NO15/c1-4-53(60)69-33-13-9-8-12-32-67-44-20-16-42(17-21-44)57(63)73-48-27-29-50-49-28-26-47(72-56(62)41-14-18-43(19-15-41)66-31-11-7-6-10-30-65-40(3)59)38-51(49)55(58-52(50)39-48)71-46-24-22-45(23-25-46)68-36-34-64-35-37-70-54(61)5-2/h4-5,22-29,38-39,41-44H,1-2,6-21,30-37H2,3H3. The number of pyridine rings is 1. The molecule has 0 bridgehead atoms. The van der Waals surface area contributed by atoms with Gasteiger partial charge in [0.05, 0.1) is 56.0 Å². The van der Waals surface area contributed by atoms with Crippen LogP contribution >= 0.6 is 0 Å². The number of ether oxygens (including phenoxy) is 10. The predicted molar refractivity (Wildman–Crippen MR) is 273 cm³/mol. The summed E-state index contributed by atoms with van der Waals surface area (Å²) in [5.74, 6) is -0.168. The molecule has 0 N–H and O–H groups in total. The van der Waals surface area contributed by atoms with Gasteiger partial charge in [-0.25, -0.2) is 14.6 Å². The van der Waals surface area contributed by atoms with Gasteiger partial charge in [-0.1, -0.05) is 26.0 Å². The van der Waals surface area contributed by atoms with Gasteiger partial charge < -0.3 is 47.4 Å². The molecule has 0 aliphatic heterocycles. The van der Waals surface area contributed by atoms with Crippen molar-refractivity contribution >= 4 is 51.5 Å². The number of carbonyl (C=O) groups excluding carboxylic acids is 5. The fraction of sp³-hybridized carbons (Fsp3) is 0.509. The van der Waals surface area contributed by atoms with Crippen LogP contribution in [-0.4, -0.2) is 99.9 Å². The molecular weight excluding hydrogens is 939 g/mol. The third-order valence-corrected chi connectivity index (χ3v) is 12.8. The van der Waals surface area contributed by atoms with E-state index in [1.165, 1.54) is 13.0 Å². The van der Waals surface area contributed by atoms with Crippen molar-refractivity contribution in [2.45, 2.75) is 122 Å². The molecule has 1 aromatic heterocycles. The molecule has 0 amide bonds. The minimum absolute atomic E-state index is 0.106. The van der Waals surface area contributed by atoms with Gasteiger partial charge in [0.1, 0.15) is 36.2 Å². The van der Waals surface area contributed by atoms with E-state index in [4.69, 9.17) is 52.4 Å². The first kappa shape index (κ1) is 55.9. The lowest BCUT2D eigenvalue weighted by molar-refractivity contribution is -0.142. The van der Waals surface area contributed by atoms with Crippen LogP contribution in [-0.2, 0) is 52.4 Å². The molecule has 3 aromatic carbocycles. The second kappa shape index (κ2) is 30.6. The molecule has 0 unspecified atom stereocenters. The monoisotopic (exact) mass is 1010 g/mol. The van der Waals surface area contributed by atoms with Gasteiger partial charge in [-0.3, -0.25) is 14.4 Å². The SMILES string of the molecule is C=CC(=O)OCCCCCCOC1CCC(C(=O)Oc2ccc3c(c2)nc(Oc2ccc(OCCOCCOC(=O)C=C)cc2)c2cc(OC(=O)C4CCC(OCCCCCCOC(C)=O)CC4)ccc23)CC1. The van der Waals surface area contributed by atoms with E-state index < -0.39 is 11.9 Å². The fourth-order valence-corrected chi connectivity index (χ4v) is 8.83. The molecule has 4 aromatic rings. The van der Waals surface area contributed by atoms with Crippen molar-refractivity contribution in [1.29, 1.82) is 0 Å². The molecule has 2 fully saturated rings. The Balaban J connectivity index is 1.05. The van der Waals surface area contributed by atoms with Gasteiger partial charge in [0.25, 0.3) is 0 Å². The zero-order valence-corrected chi connectivity index (χ0v) is 42.2. The number of rotatable bonds is 31. The fourth-order valence-electron chi connectivity index (χ4n) is 8.83. The number of fused-ring (bicyclic) bond motifs is 3. The Kier molecular flexibility index (Phi) is 23.5. The Bertz CT molecular complexity index is 2420. The van der Waals surface area contributed by atoms with E-state index in [1.54, 1.807) is 48.5 Å². The van der Waals surface area contributed by atoms with Crippen LogP contribution in [0.3, 0.4) is 0 Å². The van der Waals surface area contributed by atoms with Crippen molar-refractivity contribution in [2.24, 2.45) is 11.8 Å². The molecule has 1 heterocycles. The molecule has 0 radical (unpaired) electrons.